The summed E-state index contributed by atoms with van der Waals surface area (Å²) in [6.07, 6.45) is 0. The van der Waals surface area contributed by atoms with Gasteiger partial charge in [-0.15, -0.1) is 0 Å². The average Bonchev–Trinajstić information content (AvgIpc) is 2.72. The fourth-order valence-corrected chi connectivity index (χ4v) is 4.57. The minimum atomic E-state index is -4.02. The molecule has 0 radical (unpaired) electrons. The second-order valence-corrected chi connectivity index (χ2v) is 9.49. The van der Waals surface area contributed by atoms with Crippen LogP contribution in [0, 0.1) is 5.82 Å². The van der Waals surface area contributed by atoms with Gasteiger partial charge in [0.25, 0.3) is 0 Å². The summed E-state index contributed by atoms with van der Waals surface area (Å²) in [4.78, 5) is 10.7. The Hall–Kier alpha value is -3.14. The molecule has 3 N–H and O–H groups in total. The highest BCUT2D eigenvalue weighted by molar-refractivity contribution is 7.89. The quantitative estimate of drug-likeness (QED) is 0.473. The van der Waals surface area contributed by atoms with Crippen LogP contribution in [-0.4, -0.2) is 37.5 Å². The molecule has 0 atom stereocenters. The molecule has 0 heterocycles. The van der Waals surface area contributed by atoms with Crippen LogP contribution in [0.4, 0.5) is 10.1 Å². The number of carboxylic acids is 1. The van der Waals surface area contributed by atoms with Gasteiger partial charge in [0, 0.05) is 29.9 Å². The Morgan fingerprint density at radius 3 is 2.56 bits per heavy atom. The van der Waals surface area contributed by atoms with E-state index in [2.05, 4.69) is 0 Å². The molecule has 0 aliphatic carbocycles. The summed E-state index contributed by atoms with van der Waals surface area (Å²) >= 11 is 5.80. The van der Waals surface area contributed by atoms with Gasteiger partial charge in [0.1, 0.15) is 11.6 Å². The first-order valence-corrected chi connectivity index (χ1v) is 11.1. The van der Waals surface area contributed by atoms with Crippen LogP contribution in [0.3, 0.4) is 0 Å². The molecule has 0 spiro atoms. The number of rotatable bonds is 8. The standard InChI is InChI=1S/C22H20ClFN2O5S/c1-26(32(29,30)19-10-16(23)9-17(24)11-19)12-14-5-6-21(31-13-22(27)28)20(7-14)15-3-2-4-18(25)8-15/h2-11H,12-13,25H2,1H3,(H,27,28). The van der Waals surface area contributed by atoms with Crippen LogP contribution >= 0.6 is 11.6 Å². The molecule has 32 heavy (non-hydrogen) atoms. The summed E-state index contributed by atoms with van der Waals surface area (Å²) in [5.41, 5.74) is 8.19. The second kappa shape index (κ2) is 9.56. The third-order valence-corrected chi connectivity index (χ3v) is 6.54. The number of benzene rings is 3. The van der Waals surface area contributed by atoms with E-state index in [9.17, 15) is 17.6 Å². The number of aliphatic carboxylic acids is 1. The van der Waals surface area contributed by atoms with Gasteiger partial charge in [-0.2, -0.15) is 4.31 Å². The number of nitrogens with zero attached hydrogens (tertiary/aromatic N) is 1. The van der Waals surface area contributed by atoms with Crippen LogP contribution in [0.15, 0.2) is 65.6 Å². The van der Waals surface area contributed by atoms with Gasteiger partial charge in [-0.05, 0) is 53.6 Å². The molecule has 3 aromatic carbocycles. The van der Waals surface area contributed by atoms with Gasteiger partial charge in [0.15, 0.2) is 6.61 Å². The molecule has 0 amide bonds. The fraction of sp³-hybridized carbons (Fsp3) is 0.136. The molecule has 7 nitrogen and oxygen atoms in total. The molecule has 0 aromatic heterocycles. The molecule has 0 aliphatic heterocycles. The topological polar surface area (TPSA) is 110 Å². The first kappa shape index (κ1) is 23.5. The molecule has 0 saturated heterocycles. The minimum Gasteiger partial charge on any atom is -0.481 e. The van der Waals surface area contributed by atoms with Crippen LogP contribution in [0.25, 0.3) is 11.1 Å². The molecule has 10 heteroatoms. The van der Waals surface area contributed by atoms with Gasteiger partial charge in [0.05, 0.1) is 4.90 Å². The summed E-state index contributed by atoms with van der Waals surface area (Å²) < 4.78 is 45.9. The van der Waals surface area contributed by atoms with Crippen LogP contribution < -0.4 is 10.5 Å². The van der Waals surface area contributed by atoms with Crippen molar-refractivity contribution in [3.63, 3.8) is 0 Å². The molecule has 168 valence electrons. The monoisotopic (exact) mass is 478 g/mol. The predicted octanol–water partition coefficient (Wildman–Crippen LogP) is 4.01. The average molecular weight is 479 g/mol. The summed E-state index contributed by atoms with van der Waals surface area (Å²) in [5, 5.41) is 8.91. The molecule has 0 unspecified atom stereocenters. The van der Waals surface area contributed by atoms with Crippen molar-refractivity contribution >= 4 is 33.3 Å². The zero-order valence-corrected chi connectivity index (χ0v) is 18.5. The number of carboxylic acid groups (broad SMARTS) is 1. The van der Waals surface area contributed by atoms with Gasteiger partial charge < -0.3 is 15.6 Å². The van der Waals surface area contributed by atoms with E-state index >= 15 is 0 Å². The molecule has 0 saturated carbocycles. The largest absolute Gasteiger partial charge is 0.481 e. The third-order valence-electron chi connectivity index (χ3n) is 4.54. The van der Waals surface area contributed by atoms with Crippen molar-refractivity contribution in [3.8, 4) is 16.9 Å². The molecule has 0 bridgehead atoms. The van der Waals surface area contributed by atoms with Crippen LogP contribution in [0.2, 0.25) is 5.02 Å². The number of carbonyl (C=O) groups is 1. The Kier molecular flexibility index (Phi) is 7.02. The molecule has 3 aromatic rings. The van der Waals surface area contributed by atoms with Gasteiger partial charge in [0.2, 0.25) is 10.0 Å². The van der Waals surface area contributed by atoms with Crippen LogP contribution in [0.5, 0.6) is 5.75 Å². The van der Waals surface area contributed by atoms with E-state index in [0.717, 1.165) is 16.4 Å². The number of hydrogen-bond donors (Lipinski definition) is 2. The third kappa shape index (κ3) is 5.56. The van der Waals surface area contributed by atoms with Crippen molar-refractivity contribution in [3.05, 3.63) is 77.1 Å². The Bertz CT molecular complexity index is 1250. The molecular weight excluding hydrogens is 459 g/mol. The molecule has 0 fully saturated rings. The van der Waals surface area contributed by atoms with Crippen molar-refractivity contribution in [2.24, 2.45) is 0 Å². The van der Waals surface area contributed by atoms with E-state index in [-0.39, 0.29) is 16.5 Å². The van der Waals surface area contributed by atoms with Crippen molar-refractivity contribution in [1.82, 2.24) is 4.31 Å². The number of nitrogens with two attached hydrogens (primary N) is 1. The van der Waals surface area contributed by atoms with E-state index in [1.54, 1.807) is 42.5 Å². The number of anilines is 1. The minimum absolute atomic E-state index is 0.0270. The lowest BCUT2D eigenvalue weighted by Crippen LogP contribution is -2.26. The van der Waals surface area contributed by atoms with Crippen molar-refractivity contribution in [1.29, 1.82) is 0 Å². The zero-order valence-electron chi connectivity index (χ0n) is 17.0. The molecule has 3 rings (SSSR count). The maximum absolute atomic E-state index is 13.7. The number of nitrogen functional groups attached to an aromatic ring is 1. The van der Waals surface area contributed by atoms with E-state index in [0.29, 0.717) is 28.1 Å². The summed E-state index contributed by atoms with van der Waals surface area (Å²) in [6.45, 7) is -0.575. The summed E-state index contributed by atoms with van der Waals surface area (Å²) in [7, 11) is -2.65. The first-order valence-electron chi connectivity index (χ1n) is 9.32. The maximum Gasteiger partial charge on any atom is 0.341 e. The highest BCUT2D eigenvalue weighted by Gasteiger charge is 2.23. The highest BCUT2D eigenvalue weighted by atomic mass is 35.5. The normalized spacial score (nSPS) is 11.5. The van der Waals surface area contributed by atoms with E-state index < -0.39 is 28.4 Å². The Morgan fingerprint density at radius 1 is 1.16 bits per heavy atom. The lowest BCUT2D eigenvalue weighted by molar-refractivity contribution is -0.139. The van der Waals surface area contributed by atoms with Gasteiger partial charge in [-0.1, -0.05) is 29.8 Å². The van der Waals surface area contributed by atoms with E-state index in [1.165, 1.54) is 13.1 Å². The Balaban J connectivity index is 1.95. The SMILES string of the molecule is CN(Cc1ccc(OCC(=O)O)c(-c2cccc(N)c2)c1)S(=O)(=O)c1cc(F)cc(Cl)c1. The lowest BCUT2D eigenvalue weighted by Gasteiger charge is -2.19. The lowest BCUT2D eigenvalue weighted by atomic mass is 10.0. The van der Waals surface area contributed by atoms with Crippen molar-refractivity contribution in [2.45, 2.75) is 11.4 Å². The molecule has 0 aliphatic rings. The second-order valence-electron chi connectivity index (χ2n) is 7.00. The van der Waals surface area contributed by atoms with E-state index in [1.807, 2.05) is 0 Å². The summed E-state index contributed by atoms with van der Waals surface area (Å²) in [6, 6.07) is 14.9. The molecular formula is C22H20ClFN2O5S. The van der Waals surface area contributed by atoms with Crippen molar-refractivity contribution < 1.29 is 27.4 Å². The summed E-state index contributed by atoms with van der Waals surface area (Å²) in [5.74, 6) is -1.58. The van der Waals surface area contributed by atoms with Crippen molar-refractivity contribution in [2.75, 3.05) is 19.4 Å². The van der Waals surface area contributed by atoms with Gasteiger partial charge in [-0.3, -0.25) is 0 Å². The fourth-order valence-electron chi connectivity index (χ4n) is 3.07. The van der Waals surface area contributed by atoms with E-state index in [4.69, 9.17) is 27.2 Å². The smallest absolute Gasteiger partial charge is 0.341 e. The maximum atomic E-state index is 13.7. The number of hydrogen-bond acceptors (Lipinski definition) is 5. The number of halogens is 2. The van der Waals surface area contributed by atoms with Crippen LogP contribution in [0.1, 0.15) is 5.56 Å². The van der Waals surface area contributed by atoms with Crippen LogP contribution in [-0.2, 0) is 21.4 Å². The van der Waals surface area contributed by atoms with Gasteiger partial charge in [-0.25, -0.2) is 17.6 Å². The highest BCUT2D eigenvalue weighted by Crippen LogP contribution is 2.33. The van der Waals surface area contributed by atoms with Gasteiger partial charge >= 0.3 is 5.97 Å². The zero-order chi connectivity index (χ0) is 23.5. The Morgan fingerprint density at radius 2 is 1.91 bits per heavy atom. The first-order chi connectivity index (χ1) is 15.1. The predicted molar refractivity (Wildman–Crippen MR) is 119 cm³/mol. The number of sulfonamides is 1. The Labute approximate surface area is 189 Å². The number of ether oxygens (including phenoxy) is 1.